The molecule has 0 bridgehead atoms. The lowest BCUT2D eigenvalue weighted by molar-refractivity contribution is 0.283. The Bertz CT molecular complexity index is 1330. The molecule has 1 aliphatic heterocycles. The van der Waals surface area contributed by atoms with Crippen LogP contribution < -0.4 is 14.8 Å². The number of fused-ring (bicyclic) bond motifs is 1. The molecule has 1 aliphatic rings. The number of hydrogen-bond acceptors (Lipinski definition) is 5. The van der Waals surface area contributed by atoms with Gasteiger partial charge in [0.25, 0.3) is 0 Å². The summed E-state index contributed by atoms with van der Waals surface area (Å²) in [7, 11) is 1.69. The molecule has 5 nitrogen and oxygen atoms in total. The highest BCUT2D eigenvalue weighted by Gasteiger charge is 2.21. The highest BCUT2D eigenvalue weighted by molar-refractivity contribution is 5.85. The van der Waals surface area contributed by atoms with Gasteiger partial charge in [-0.2, -0.15) is 0 Å². The van der Waals surface area contributed by atoms with E-state index in [0.717, 1.165) is 41.2 Å². The molecule has 0 saturated heterocycles. The molecule has 6 heteroatoms. The van der Waals surface area contributed by atoms with E-state index in [2.05, 4.69) is 76.8 Å². The number of hydrogen-bond donors (Lipinski definition) is 1. The van der Waals surface area contributed by atoms with Crippen LogP contribution in [0.25, 0.3) is 17.2 Å². The number of benzene rings is 3. The third kappa shape index (κ3) is 5.76. The predicted octanol–water partition coefficient (Wildman–Crippen LogP) is 6.36. The van der Waals surface area contributed by atoms with Gasteiger partial charge in [0.05, 0.1) is 13.2 Å². The lowest BCUT2D eigenvalue weighted by Gasteiger charge is -2.26. The zero-order valence-electron chi connectivity index (χ0n) is 20.5. The summed E-state index contributed by atoms with van der Waals surface area (Å²) >= 11 is 0. The highest BCUT2D eigenvalue weighted by atomic mass is 35.5. The number of ether oxygens (including phenoxy) is 2. The molecule has 1 unspecified atom stereocenters. The summed E-state index contributed by atoms with van der Waals surface area (Å²) in [6.07, 6.45) is 10.6. The third-order valence-electron chi connectivity index (χ3n) is 6.40. The molecule has 4 aromatic rings. The van der Waals surface area contributed by atoms with Crippen LogP contribution in [0.3, 0.4) is 0 Å². The lowest BCUT2D eigenvalue weighted by Crippen LogP contribution is -2.28. The second kappa shape index (κ2) is 11.8. The van der Waals surface area contributed by atoms with Gasteiger partial charge in [-0.15, -0.1) is 12.4 Å². The smallest absolute Gasteiger partial charge is 0.161 e. The average Bonchev–Trinajstić information content (AvgIpc) is 2.92. The maximum atomic E-state index is 6.14. The van der Waals surface area contributed by atoms with Crippen LogP contribution >= 0.6 is 12.4 Å². The lowest BCUT2D eigenvalue weighted by atomic mass is 9.92. The summed E-state index contributed by atoms with van der Waals surface area (Å²) in [4.78, 5) is 8.30. The van der Waals surface area contributed by atoms with Crippen molar-refractivity contribution >= 4 is 18.5 Å². The van der Waals surface area contributed by atoms with Crippen molar-refractivity contribution in [3.05, 3.63) is 113 Å². The van der Waals surface area contributed by atoms with Crippen molar-refractivity contribution in [1.29, 1.82) is 0 Å². The van der Waals surface area contributed by atoms with Crippen LogP contribution in [0.1, 0.15) is 33.9 Å². The Kier molecular flexibility index (Phi) is 8.36. The third-order valence-corrected chi connectivity index (χ3v) is 6.40. The molecular formula is C30H30ClN3O2. The van der Waals surface area contributed by atoms with Crippen molar-refractivity contribution in [2.24, 2.45) is 0 Å². The van der Waals surface area contributed by atoms with Gasteiger partial charge in [0.15, 0.2) is 11.5 Å². The summed E-state index contributed by atoms with van der Waals surface area (Å²) in [5.41, 5.74) is 8.16. The number of aromatic nitrogens is 2. The van der Waals surface area contributed by atoms with E-state index in [9.17, 15) is 0 Å². The van der Waals surface area contributed by atoms with Crippen LogP contribution in [-0.2, 0) is 13.0 Å². The Balaban J connectivity index is 0.00000304. The van der Waals surface area contributed by atoms with Crippen molar-refractivity contribution in [1.82, 2.24) is 15.3 Å². The molecule has 1 N–H and O–H groups in total. The molecule has 1 aromatic heterocycles. The molecule has 0 amide bonds. The predicted molar refractivity (Wildman–Crippen MR) is 147 cm³/mol. The molecule has 36 heavy (non-hydrogen) atoms. The van der Waals surface area contributed by atoms with Gasteiger partial charge in [-0.05, 0) is 64.9 Å². The standard InChI is InChI=1S/C30H29N3O2.ClH/c1-21-8-9-24(26-17-31-20-32-18-26)14-23(21)10-11-28-27-16-29(34-2)30(15-25(27)12-13-33-28)35-19-22-6-4-3-5-7-22;/h3-11,14-18,20,28,33H,12-13,19H2,1-2H3;1H/b11-10+;. The van der Waals surface area contributed by atoms with Crippen molar-refractivity contribution in [3.63, 3.8) is 0 Å². The first-order valence-electron chi connectivity index (χ1n) is 11.9. The molecule has 184 valence electrons. The first-order valence-corrected chi connectivity index (χ1v) is 11.9. The summed E-state index contributed by atoms with van der Waals surface area (Å²) in [5.74, 6) is 1.54. The van der Waals surface area contributed by atoms with E-state index in [1.54, 1.807) is 13.4 Å². The number of rotatable bonds is 7. The minimum Gasteiger partial charge on any atom is -0.493 e. The van der Waals surface area contributed by atoms with Gasteiger partial charge < -0.3 is 14.8 Å². The van der Waals surface area contributed by atoms with Crippen molar-refractivity contribution in [3.8, 4) is 22.6 Å². The van der Waals surface area contributed by atoms with E-state index < -0.39 is 0 Å². The molecule has 5 rings (SSSR count). The summed E-state index contributed by atoms with van der Waals surface area (Å²) in [6.45, 7) is 3.55. The number of halogens is 1. The van der Waals surface area contributed by atoms with Crippen molar-refractivity contribution < 1.29 is 9.47 Å². The minimum atomic E-state index is 0. The second-order valence-electron chi connectivity index (χ2n) is 8.72. The van der Waals surface area contributed by atoms with Gasteiger partial charge in [0.2, 0.25) is 0 Å². The number of nitrogens with one attached hydrogen (secondary N) is 1. The number of methoxy groups -OCH3 is 1. The first kappa shape index (κ1) is 25.4. The Morgan fingerprint density at radius 1 is 0.972 bits per heavy atom. The quantitative estimate of drug-likeness (QED) is 0.320. The van der Waals surface area contributed by atoms with Crippen LogP contribution in [0.15, 0.2) is 85.5 Å². The summed E-state index contributed by atoms with van der Waals surface area (Å²) in [5, 5.41) is 3.64. The fraction of sp³-hybridized carbons (Fsp3) is 0.200. The van der Waals surface area contributed by atoms with Gasteiger partial charge in [-0.25, -0.2) is 9.97 Å². The van der Waals surface area contributed by atoms with Crippen molar-refractivity contribution in [2.75, 3.05) is 13.7 Å². The van der Waals surface area contributed by atoms with Gasteiger partial charge in [0.1, 0.15) is 12.9 Å². The van der Waals surface area contributed by atoms with Gasteiger partial charge in [-0.1, -0.05) is 54.6 Å². The molecule has 2 heterocycles. The van der Waals surface area contributed by atoms with E-state index in [4.69, 9.17) is 9.47 Å². The fourth-order valence-electron chi connectivity index (χ4n) is 4.42. The molecule has 0 spiro atoms. The van der Waals surface area contributed by atoms with Crippen LogP contribution in [-0.4, -0.2) is 23.6 Å². The number of aryl methyl sites for hydroxylation is 1. The Hall–Kier alpha value is -3.67. The SMILES string of the molecule is COc1cc2c(cc1OCc1ccccc1)CCNC2/C=C/c1cc(-c2cncnc2)ccc1C.Cl. The minimum absolute atomic E-state index is 0. The topological polar surface area (TPSA) is 56.3 Å². The van der Waals surface area contributed by atoms with Crippen LogP contribution in [0, 0.1) is 6.92 Å². The largest absolute Gasteiger partial charge is 0.493 e. The second-order valence-corrected chi connectivity index (χ2v) is 8.72. The maximum Gasteiger partial charge on any atom is 0.161 e. The highest BCUT2D eigenvalue weighted by Crippen LogP contribution is 2.36. The Labute approximate surface area is 218 Å². The van der Waals surface area contributed by atoms with Gasteiger partial charge in [0, 0.05) is 24.5 Å². The zero-order chi connectivity index (χ0) is 24.0. The maximum absolute atomic E-state index is 6.14. The van der Waals surface area contributed by atoms with E-state index in [1.165, 1.54) is 22.3 Å². The number of nitrogens with zero attached hydrogens (tertiary/aromatic N) is 2. The molecular weight excluding hydrogens is 470 g/mol. The summed E-state index contributed by atoms with van der Waals surface area (Å²) < 4.78 is 11.8. The van der Waals surface area contributed by atoms with Gasteiger partial charge >= 0.3 is 0 Å². The summed E-state index contributed by atoms with van der Waals surface area (Å²) in [6, 6.07) is 21.0. The Morgan fingerprint density at radius 3 is 2.56 bits per heavy atom. The zero-order valence-corrected chi connectivity index (χ0v) is 21.3. The first-order chi connectivity index (χ1) is 17.2. The van der Waals surface area contributed by atoms with E-state index in [1.807, 2.05) is 30.6 Å². The fourth-order valence-corrected chi connectivity index (χ4v) is 4.42. The van der Waals surface area contributed by atoms with Crippen LogP contribution in [0.2, 0.25) is 0 Å². The average molecular weight is 500 g/mol. The normalized spacial score (nSPS) is 14.7. The molecule has 1 atom stereocenters. The van der Waals surface area contributed by atoms with Crippen LogP contribution in [0.5, 0.6) is 11.5 Å². The van der Waals surface area contributed by atoms with E-state index in [-0.39, 0.29) is 18.4 Å². The van der Waals surface area contributed by atoms with Crippen LogP contribution in [0.4, 0.5) is 0 Å². The Morgan fingerprint density at radius 2 is 1.78 bits per heavy atom. The molecule has 0 radical (unpaired) electrons. The molecule has 0 fully saturated rings. The molecule has 3 aromatic carbocycles. The van der Waals surface area contributed by atoms with Gasteiger partial charge in [-0.3, -0.25) is 0 Å². The van der Waals surface area contributed by atoms with Crippen molar-refractivity contribution in [2.45, 2.75) is 26.0 Å². The monoisotopic (exact) mass is 499 g/mol. The van der Waals surface area contributed by atoms with E-state index >= 15 is 0 Å². The van der Waals surface area contributed by atoms with E-state index in [0.29, 0.717) is 6.61 Å². The molecule has 0 aliphatic carbocycles. The molecule has 0 saturated carbocycles.